The van der Waals surface area contributed by atoms with Crippen LogP contribution in [0.5, 0.6) is 0 Å². The molecule has 0 heteroatoms. The molecule has 3 aromatic rings. The van der Waals surface area contributed by atoms with Gasteiger partial charge in [0, 0.05) is 0 Å². The highest BCUT2D eigenvalue weighted by Gasteiger charge is 2.26. The number of rotatable bonds is 5. The molecular weight excluding hydrogens is 348 g/mol. The number of hydrogen-bond acceptors (Lipinski definition) is 0. The second-order valence-corrected chi connectivity index (χ2v) is 9.31. The van der Waals surface area contributed by atoms with Crippen LogP contribution in [0.3, 0.4) is 0 Å². The largest absolute Gasteiger partial charge is 0.0654 e. The average Bonchev–Trinajstić information content (AvgIpc) is 3.14. The maximum Gasteiger partial charge on any atom is -0.00576 e. The number of unbranched alkanes of at least 4 members (excludes halogenated alkanes) is 1. The van der Waals surface area contributed by atoms with Crippen molar-refractivity contribution in [1.82, 2.24) is 0 Å². The molecule has 1 aliphatic rings. The van der Waals surface area contributed by atoms with Gasteiger partial charge in [0.2, 0.25) is 0 Å². The van der Waals surface area contributed by atoms with E-state index in [9.17, 15) is 0 Å². The first-order valence-corrected chi connectivity index (χ1v) is 11.0. The fourth-order valence-electron chi connectivity index (χ4n) is 4.53. The van der Waals surface area contributed by atoms with Gasteiger partial charge in [0.25, 0.3) is 0 Å². The number of fused-ring (bicyclic) bond motifs is 1. The molecule has 0 bridgehead atoms. The van der Waals surface area contributed by atoms with Gasteiger partial charge in [-0.15, -0.1) is 0 Å². The van der Waals surface area contributed by atoms with Gasteiger partial charge in [-0.25, -0.2) is 0 Å². The van der Waals surface area contributed by atoms with Crippen LogP contribution in [0.2, 0.25) is 0 Å². The summed E-state index contributed by atoms with van der Waals surface area (Å²) in [5, 5.41) is 0. The van der Waals surface area contributed by atoms with E-state index in [4.69, 9.17) is 0 Å². The van der Waals surface area contributed by atoms with E-state index in [1.54, 1.807) is 5.57 Å². The Bertz CT molecular complexity index is 1030. The monoisotopic (exact) mass is 380 g/mol. The lowest BCUT2D eigenvalue weighted by molar-refractivity contribution is 0.591. The molecule has 0 aromatic heterocycles. The quantitative estimate of drug-likeness (QED) is 0.416. The van der Waals surface area contributed by atoms with Crippen molar-refractivity contribution in [1.29, 1.82) is 0 Å². The zero-order valence-corrected chi connectivity index (χ0v) is 18.3. The first kappa shape index (κ1) is 19.7. The highest BCUT2D eigenvalue weighted by Crippen LogP contribution is 2.44. The van der Waals surface area contributed by atoms with E-state index >= 15 is 0 Å². The third kappa shape index (κ3) is 3.94. The minimum atomic E-state index is 0.0914. The van der Waals surface area contributed by atoms with E-state index in [0.29, 0.717) is 0 Å². The van der Waals surface area contributed by atoms with Crippen molar-refractivity contribution in [3.63, 3.8) is 0 Å². The smallest absolute Gasteiger partial charge is 0.00576 e. The Morgan fingerprint density at radius 1 is 0.793 bits per heavy atom. The summed E-state index contributed by atoms with van der Waals surface area (Å²) in [6, 6.07) is 24.5. The van der Waals surface area contributed by atoms with Crippen LogP contribution in [-0.4, -0.2) is 0 Å². The van der Waals surface area contributed by atoms with E-state index < -0.39 is 0 Å². The molecule has 0 saturated carbocycles. The highest BCUT2D eigenvalue weighted by molar-refractivity contribution is 5.91. The maximum absolute atomic E-state index is 2.50. The van der Waals surface area contributed by atoms with Crippen LogP contribution in [0.15, 0.2) is 72.3 Å². The third-order valence-corrected chi connectivity index (χ3v) is 6.04. The SMILES string of the molecule is CCCCC1=Cc2c(ccc(C(C)(C)C)c2-c2ccccc2-c2ccccc2)C1. The Balaban J connectivity index is 1.96. The van der Waals surface area contributed by atoms with Gasteiger partial charge in [0.15, 0.2) is 0 Å². The summed E-state index contributed by atoms with van der Waals surface area (Å²) in [4.78, 5) is 0. The Kier molecular flexibility index (Phi) is 5.46. The van der Waals surface area contributed by atoms with E-state index in [-0.39, 0.29) is 5.41 Å². The van der Waals surface area contributed by atoms with E-state index in [2.05, 4.69) is 101 Å². The lowest BCUT2D eigenvalue weighted by Gasteiger charge is -2.26. The molecule has 0 spiro atoms. The molecule has 3 aromatic carbocycles. The first-order valence-electron chi connectivity index (χ1n) is 11.0. The van der Waals surface area contributed by atoms with Crippen LogP contribution >= 0.6 is 0 Å². The molecule has 0 nitrogen and oxygen atoms in total. The molecule has 0 amide bonds. The van der Waals surface area contributed by atoms with Gasteiger partial charge < -0.3 is 0 Å². The zero-order chi connectivity index (χ0) is 20.4. The van der Waals surface area contributed by atoms with Crippen LogP contribution in [0.4, 0.5) is 0 Å². The predicted molar refractivity (Wildman–Crippen MR) is 127 cm³/mol. The summed E-state index contributed by atoms with van der Waals surface area (Å²) >= 11 is 0. The minimum absolute atomic E-state index is 0.0914. The van der Waals surface area contributed by atoms with Crippen LogP contribution in [0.25, 0.3) is 28.3 Å². The molecule has 1 aliphatic carbocycles. The van der Waals surface area contributed by atoms with Gasteiger partial charge in [0.1, 0.15) is 0 Å². The summed E-state index contributed by atoms with van der Waals surface area (Å²) in [7, 11) is 0. The van der Waals surface area contributed by atoms with E-state index in [0.717, 1.165) is 6.42 Å². The highest BCUT2D eigenvalue weighted by atomic mass is 14.3. The van der Waals surface area contributed by atoms with Crippen LogP contribution in [0, 0.1) is 0 Å². The van der Waals surface area contributed by atoms with Gasteiger partial charge in [-0.05, 0) is 63.6 Å². The average molecular weight is 381 g/mol. The van der Waals surface area contributed by atoms with Crippen molar-refractivity contribution >= 4 is 6.08 Å². The fraction of sp³-hybridized carbons (Fsp3) is 0.310. The molecule has 0 aliphatic heterocycles. The molecule has 0 fully saturated rings. The third-order valence-electron chi connectivity index (χ3n) is 6.04. The first-order chi connectivity index (χ1) is 14.0. The van der Waals surface area contributed by atoms with Crippen LogP contribution < -0.4 is 0 Å². The van der Waals surface area contributed by atoms with Gasteiger partial charge in [-0.2, -0.15) is 0 Å². The van der Waals surface area contributed by atoms with Crippen molar-refractivity contribution in [3.8, 4) is 22.3 Å². The summed E-state index contributed by atoms with van der Waals surface area (Å²) < 4.78 is 0. The van der Waals surface area contributed by atoms with Crippen molar-refractivity contribution in [2.45, 2.75) is 58.8 Å². The Morgan fingerprint density at radius 3 is 2.17 bits per heavy atom. The van der Waals surface area contributed by atoms with Gasteiger partial charge in [-0.3, -0.25) is 0 Å². The normalized spacial score (nSPS) is 13.3. The predicted octanol–water partition coefficient (Wildman–Crippen LogP) is 8.45. The fourth-order valence-corrected chi connectivity index (χ4v) is 4.53. The van der Waals surface area contributed by atoms with Crippen LogP contribution in [0.1, 0.15) is 63.6 Å². The minimum Gasteiger partial charge on any atom is -0.0654 e. The van der Waals surface area contributed by atoms with Gasteiger partial charge in [-0.1, -0.05) is 112 Å². The standard InChI is InChI=1S/C29H32/c1-5-6-12-21-19-23-17-18-27(29(2,3)4)28(26(23)20-21)25-16-11-10-15-24(25)22-13-8-7-9-14-22/h7-11,13-18,20H,5-6,12,19H2,1-4H3. The molecule has 0 N–H and O–H groups in total. The molecule has 0 unspecified atom stereocenters. The molecule has 0 saturated heterocycles. The molecule has 0 atom stereocenters. The topological polar surface area (TPSA) is 0 Å². The molecule has 0 radical (unpaired) electrons. The second-order valence-electron chi connectivity index (χ2n) is 9.31. The van der Waals surface area contributed by atoms with Crippen LogP contribution in [-0.2, 0) is 11.8 Å². The van der Waals surface area contributed by atoms with Crippen molar-refractivity contribution in [3.05, 3.63) is 89.0 Å². The van der Waals surface area contributed by atoms with E-state index in [1.807, 2.05) is 0 Å². The number of allylic oxidation sites excluding steroid dienone is 1. The van der Waals surface area contributed by atoms with Crippen molar-refractivity contribution in [2.75, 3.05) is 0 Å². The molecular formula is C29H32. The van der Waals surface area contributed by atoms with Crippen molar-refractivity contribution in [2.24, 2.45) is 0 Å². The number of hydrogen-bond donors (Lipinski definition) is 0. The Hall–Kier alpha value is -2.60. The lowest BCUT2D eigenvalue weighted by atomic mass is 9.78. The summed E-state index contributed by atoms with van der Waals surface area (Å²) in [6.07, 6.45) is 7.36. The lowest BCUT2D eigenvalue weighted by Crippen LogP contribution is -2.14. The van der Waals surface area contributed by atoms with Crippen molar-refractivity contribution < 1.29 is 0 Å². The number of benzene rings is 3. The second kappa shape index (κ2) is 8.03. The van der Waals surface area contributed by atoms with Gasteiger partial charge >= 0.3 is 0 Å². The molecule has 148 valence electrons. The molecule has 4 rings (SSSR count). The molecule has 29 heavy (non-hydrogen) atoms. The summed E-state index contributed by atoms with van der Waals surface area (Å²) in [5.41, 5.74) is 11.5. The summed E-state index contributed by atoms with van der Waals surface area (Å²) in [6.45, 7) is 9.28. The van der Waals surface area contributed by atoms with E-state index in [1.165, 1.54) is 58.2 Å². The Morgan fingerprint density at radius 2 is 1.48 bits per heavy atom. The zero-order valence-electron chi connectivity index (χ0n) is 18.3. The Labute approximate surface area is 176 Å². The van der Waals surface area contributed by atoms with Gasteiger partial charge in [0.05, 0.1) is 0 Å². The summed E-state index contributed by atoms with van der Waals surface area (Å²) in [5.74, 6) is 0. The maximum atomic E-state index is 2.50. The molecule has 0 heterocycles.